The van der Waals surface area contributed by atoms with E-state index < -0.39 is 0 Å². The van der Waals surface area contributed by atoms with Gasteiger partial charge in [0.15, 0.2) is 0 Å². The lowest BCUT2D eigenvalue weighted by Crippen LogP contribution is -2.42. The highest BCUT2D eigenvalue weighted by Crippen LogP contribution is 2.34. The second-order valence-corrected chi connectivity index (χ2v) is 8.24. The van der Waals surface area contributed by atoms with Crippen LogP contribution in [0.2, 0.25) is 0 Å². The maximum atomic E-state index is 12.8. The van der Waals surface area contributed by atoms with Crippen molar-refractivity contribution in [3.05, 3.63) is 36.4 Å². The van der Waals surface area contributed by atoms with E-state index in [2.05, 4.69) is 27.9 Å². The van der Waals surface area contributed by atoms with E-state index in [1.807, 2.05) is 30.3 Å². The zero-order valence-corrected chi connectivity index (χ0v) is 18.0. The van der Waals surface area contributed by atoms with Gasteiger partial charge in [0.1, 0.15) is 0 Å². The van der Waals surface area contributed by atoms with Crippen LogP contribution in [0.25, 0.3) is 11.1 Å². The summed E-state index contributed by atoms with van der Waals surface area (Å²) >= 11 is 0. The Morgan fingerprint density at radius 1 is 1.27 bits per heavy atom. The predicted octanol–water partition coefficient (Wildman–Crippen LogP) is 3.13. The first-order valence-electron chi connectivity index (χ1n) is 11.1. The number of anilines is 1. The van der Waals surface area contributed by atoms with Crippen LogP contribution in [0.5, 0.6) is 0 Å². The summed E-state index contributed by atoms with van der Waals surface area (Å²) in [7, 11) is 0. The van der Waals surface area contributed by atoms with Crippen LogP contribution in [0.3, 0.4) is 0 Å². The van der Waals surface area contributed by atoms with E-state index in [0.717, 1.165) is 68.2 Å². The molecule has 0 saturated carbocycles. The van der Waals surface area contributed by atoms with Gasteiger partial charge in [-0.1, -0.05) is 19.9 Å². The molecule has 7 heteroatoms. The fourth-order valence-corrected chi connectivity index (χ4v) is 4.24. The number of hydrogen-bond donors (Lipinski definition) is 0. The number of morpholine rings is 1. The van der Waals surface area contributed by atoms with Crippen LogP contribution >= 0.6 is 0 Å². The molecule has 2 atom stereocenters. The topological polar surface area (TPSA) is 71.5 Å². The van der Waals surface area contributed by atoms with Crippen molar-refractivity contribution < 1.29 is 9.53 Å². The van der Waals surface area contributed by atoms with Crippen molar-refractivity contribution in [2.45, 2.75) is 39.0 Å². The van der Waals surface area contributed by atoms with Gasteiger partial charge in [0, 0.05) is 67.7 Å². The molecule has 160 valence electrons. The third-order valence-electron chi connectivity index (χ3n) is 6.23. The number of hydrogen-bond acceptors (Lipinski definition) is 6. The molecule has 2 aromatic rings. The molecule has 0 aliphatic carbocycles. The molecule has 2 aromatic heterocycles. The van der Waals surface area contributed by atoms with E-state index in [9.17, 15) is 4.79 Å². The standard InChI is InChI=1S/C23H31N5O2/c1-3-17(2)22(29)28-9-5-7-19(16-28)21-20(18-6-4-8-24-14-18)15-25-23(26-21)27-10-12-30-13-11-27/h4,6,8,14-15,17,19H,3,5,7,9-13,16H2,1-2H3. The van der Waals surface area contributed by atoms with Crippen molar-refractivity contribution in [2.75, 3.05) is 44.3 Å². The van der Waals surface area contributed by atoms with E-state index >= 15 is 0 Å². The summed E-state index contributed by atoms with van der Waals surface area (Å²) in [6, 6.07) is 3.99. The third-order valence-corrected chi connectivity index (χ3v) is 6.23. The van der Waals surface area contributed by atoms with Gasteiger partial charge in [-0.15, -0.1) is 0 Å². The smallest absolute Gasteiger partial charge is 0.225 e. The van der Waals surface area contributed by atoms with E-state index in [1.54, 1.807) is 6.20 Å². The Morgan fingerprint density at radius 2 is 2.10 bits per heavy atom. The fourth-order valence-electron chi connectivity index (χ4n) is 4.24. The van der Waals surface area contributed by atoms with Gasteiger partial charge >= 0.3 is 0 Å². The Labute approximate surface area is 178 Å². The van der Waals surface area contributed by atoms with Crippen molar-refractivity contribution in [3.8, 4) is 11.1 Å². The second kappa shape index (κ2) is 9.51. The summed E-state index contributed by atoms with van der Waals surface area (Å²) in [6.07, 6.45) is 8.46. The minimum Gasteiger partial charge on any atom is -0.378 e. The lowest BCUT2D eigenvalue weighted by Gasteiger charge is -2.35. The van der Waals surface area contributed by atoms with Gasteiger partial charge in [-0.05, 0) is 25.3 Å². The van der Waals surface area contributed by atoms with Crippen molar-refractivity contribution in [2.24, 2.45) is 5.92 Å². The first-order valence-corrected chi connectivity index (χ1v) is 11.1. The Hall–Kier alpha value is -2.54. The van der Waals surface area contributed by atoms with Gasteiger partial charge < -0.3 is 14.5 Å². The lowest BCUT2D eigenvalue weighted by molar-refractivity contribution is -0.136. The van der Waals surface area contributed by atoms with Crippen molar-refractivity contribution in [1.29, 1.82) is 0 Å². The molecule has 0 spiro atoms. The number of carbonyl (C=O) groups excluding carboxylic acids is 1. The monoisotopic (exact) mass is 409 g/mol. The Kier molecular flexibility index (Phi) is 6.57. The van der Waals surface area contributed by atoms with Crippen molar-refractivity contribution >= 4 is 11.9 Å². The highest BCUT2D eigenvalue weighted by molar-refractivity contribution is 5.78. The van der Waals surface area contributed by atoms with Crippen molar-refractivity contribution in [1.82, 2.24) is 19.9 Å². The van der Waals surface area contributed by atoms with Crippen LogP contribution in [0, 0.1) is 5.92 Å². The quantitative estimate of drug-likeness (QED) is 0.756. The molecule has 2 fully saturated rings. The van der Waals surface area contributed by atoms with Gasteiger partial charge in [0.25, 0.3) is 0 Å². The second-order valence-electron chi connectivity index (χ2n) is 8.24. The number of nitrogens with zero attached hydrogens (tertiary/aromatic N) is 5. The molecule has 4 heterocycles. The van der Waals surface area contributed by atoms with E-state index in [4.69, 9.17) is 9.72 Å². The van der Waals surface area contributed by atoms with Gasteiger partial charge in [-0.25, -0.2) is 9.97 Å². The number of likely N-dealkylation sites (tertiary alicyclic amines) is 1. The number of piperidine rings is 1. The highest BCUT2D eigenvalue weighted by atomic mass is 16.5. The number of ether oxygens (including phenoxy) is 1. The van der Waals surface area contributed by atoms with Crippen LogP contribution in [-0.2, 0) is 9.53 Å². The molecule has 0 bridgehead atoms. The number of aromatic nitrogens is 3. The molecule has 2 saturated heterocycles. The summed E-state index contributed by atoms with van der Waals surface area (Å²) in [4.78, 5) is 31.1. The molecular weight excluding hydrogens is 378 g/mol. The van der Waals surface area contributed by atoms with Crippen LogP contribution in [0.15, 0.2) is 30.7 Å². The molecule has 2 aliphatic rings. The maximum absolute atomic E-state index is 12.8. The first-order chi connectivity index (χ1) is 14.7. The van der Waals surface area contributed by atoms with Gasteiger partial charge in [0.05, 0.1) is 18.9 Å². The molecule has 30 heavy (non-hydrogen) atoms. The SMILES string of the molecule is CCC(C)C(=O)N1CCCC(c2nc(N3CCOCC3)ncc2-c2cccnc2)C1. The molecule has 0 N–H and O–H groups in total. The summed E-state index contributed by atoms with van der Waals surface area (Å²) in [5.74, 6) is 1.28. The third kappa shape index (κ3) is 4.46. The van der Waals surface area contributed by atoms with Gasteiger partial charge in [-0.2, -0.15) is 0 Å². The van der Waals surface area contributed by atoms with Crippen LogP contribution in [0.4, 0.5) is 5.95 Å². The maximum Gasteiger partial charge on any atom is 0.225 e. The van der Waals surface area contributed by atoms with E-state index in [0.29, 0.717) is 13.2 Å². The summed E-state index contributed by atoms with van der Waals surface area (Å²) in [5.41, 5.74) is 3.07. The normalized spacial score (nSPS) is 20.8. The number of rotatable bonds is 5. The highest BCUT2D eigenvalue weighted by Gasteiger charge is 2.30. The molecule has 4 rings (SSSR count). The first kappa shape index (κ1) is 20.7. The minimum absolute atomic E-state index is 0.0656. The molecular formula is C23H31N5O2. The Balaban J connectivity index is 1.67. The average molecular weight is 410 g/mol. The number of carbonyl (C=O) groups is 1. The zero-order chi connectivity index (χ0) is 20.9. The molecule has 0 aromatic carbocycles. The molecule has 2 aliphatic heterocycles. The fraction of sp³-hybridized carbons (Fsp3) is 0.565. The predicted molar refractivity (Wildman–Crippen MR) is 116 cm³/mol. The summed E-state index contributed by atoms with van der Waals surface area (Å²) in [5, 5.41) is 0. The largest absolute Gasteiger partial charge is 0.378 e. The Morgan fingerprint density at radius 3 is 2.83 bits per heavy atom. The minimum atomic E-state index is 0.0656. The van der Waals surface area contributed by atoms with Gasteiger partial charge in [-0.3, -0.25) is 9.78 Å². The zero-order valence-electron chi connectivity index (χ0n) is 18.0. The van der Waals surface area contributed by atoms with Crippen molar-refractivity contribution in [3.63, 3.8) is 0 Å². The number of pyridine rings is 1. The Bertz CT molecular complexity index is 854. The van der Waals surface area contributed by atoms with Crippen LogP contribution in [0.1, 0.15) is 44.7 Å². The summed E-state index contributed by atoms with van der Waals surface area (Å²) in [6.45, 7) is 8.65. The van der Waals surface area contributed by atoms with E-state index in [-0.39, 0.29) is 17.7 Å². The molecule has 0 radical (unpaired) electrons. The molecule has 2 unspecified atom stereocenters. The lowest BCUT2D eigenvalue weighted by atomic mass is 9.89. The number of amides is 1. The molecule has 7 nitrogen and oxygen atoms in total. The molecule has 1 amide bonds. The van der Waals surface area contributed by atoms with Crippen LogP contribution in [-0.4, -0.2) is 65.2 Å². The summed E-state index contributed by atoms with van der Waals surface area (Å²) < 4.78 is 5.48. The average Bonchev–Trinajstić information content (AvgIpc) is 2.84. The van der Waals surface area contributed by atoms with E-state index in [1.165, 1.54) is 0 Å². The van der Waals surface area contributed by atoms with Gasteiger partial charge in [0.2, 0.25) is 11.9 Å². The van der Waals surface area contributed by atoms with Crippen LogP contribution < -0.4 is 4.90 Å².